The second-order valence-electron chi connectivity index (χ2n) is 4.45. The second kappa shape index (κ2) is 4.04. The van der Waals surface area contributed by atoms with Crippen molar-refractivity contribution in [2.24, 2.45) is 10.9 Å². The molecule has 0 N–H and O–H groups in total. The number of dihydropyridines is 1. The Balaban J connectivity index is 2.09. The molecule has 2 heterocycles. The van der Waals surface area contributed by atoms with Gasteiger partial charge in [0, 0.05) is 35.4 Å². The van der Waals surface area contributed by atoms with Gasteiger partial charge in [-0.25, -0.2) is 0 Å². The predicted octanol–water partition coefficient (Wildman–Crippen LogP) is 3.07. The maximum atomic E-state index is 6.24. The van der Waals surface area contributed by atoms with Crippen LogP contribution in [0.2, 0.25) is 0 Å². The van der Waals surface area contributed by atoms with Gasteiger partial charge in [-0.2, -0.15) is 0 Å². The number of aliphatic imine (C=N–C) groups is 1. The Morgan fingerprint density at radius 2 is 2.12 bits per heavy atom. The van der Waals surface area contributed by atoms with E-state index in [1.54, 1.807) is 6.21 Å². The first-order valence-electron chi connectivity index (χ1n) is 5.55. The number of fused-ring (bicyclic) bond motifs is 3. The lowest BCUT2D eigenvalue weighted by atomic mass is 9.80. The SMILES string of the molecule is CN1C=CC(Cl)=C2C=CC3C(Cl)=CC=NC3C21. The van der Waals surface area contributed by atoms with E-state index in [0.29, 0.717) is 0 Å². The summed E-state index contributed by atoms with van der Waals surface area (Å²) < 4.78 is 0. The third-order valence-electron chi connectivity index (χ3n) is 3.47. The van der Waals surface area contributed by atoms with Crippen molar-refractivity contribution in [3.63, 3.8) is 0 Å². The number of hydrogen-bond acceptors (Lipinski definition) is 2. The molecule has 0 fully saturated rings. The average Bonchev–Trinajstić information content (AvgIpc) is 2.33. The van der Waals surface area contributed by atoms with Crippen molar-refractivity contribution in [3.05, 3.63) is 46.1 Å². The minimum atomic E-state index is 0.121. The predicted molar refractivity (Wildman–Crippen MR) is 72.4 cm³/mol. The van der Waals surface area contributed by atoms with Crippen LogP contribution in [-0.4, -0.2) is 30.2 Å². The summed E-state index contributed by atoms with van der Waals surface area (Å²) in [5, 5.41) is 1.64. The summed E-state index contributed by atoms with van der Waals surface area (Å²) >= 11 is 12.5. The number of nitrogens with zero attached hydrogens (tertiary/aromatic N) is 2. The first-order valence-corrected chi connectivity index (χ1v) is 6.31. The normalized spacial score (nSPS) is 34.6. The second-order valence-corrected chi connectivity index (χ2v) is 5.30. The van der Waals surface area contributed by atoms with Gasteiger partial charge in [0.25, 0.3) is 0 Å². The van der Waals surface area contributed by atoms with Crippen molar-refractivity contribution in [1.29, 1.82) is 0 Å². The Morgan fingerprint density at radius 1 is 1.29 bits per heavy atom. The van der Waals surface area contributed by atoms with Gasteiger partial charge >= 0.3 is 0 Å². The standard InChI is InChI=1S/C13H12Cl2N2/c1-17-7-5-11(15)9-3-2-8-10(14)4-6-16-12(8)13(9)17/h2-8,12-13H,1H3. The molecular weight excluding hydrogens is 255 g/mol. The van der Waals surface area contributed by atoms with Crippen LogP contribution in [0.25, 0.3) is 0 Å². The lowest BCUT2D eigenvalue weighted by molar-refractivity contribution is 0.292. The minimum absolute atomic E-state index is 0.121. The Morgan fingerprint density at radius 3 is 2.94 bits per heavy atom. The summed E-state index contributed by atoms with van der Waals surface area (Å²) in [6.07, 6.45) is 11.7. The molecule has 88 valence electrons. The molecule has 3 aliphatic rings. The molecule has 0 saturated carbocycles. The zero-order valence-electron chi connectivity index (χ0n) is 9.35. The van der Waals surface area contributed by atoms with E-state index in [1.807, 2.05) is 25.4 Å². The fraction of sp³-hybridized carbons (Fsp3) is 0.308. The van der Waals surface area contributed by atoms with Crippen LogP contribution in [0.5, 0.6) is 0 Å². The van der Waals surface area contributed by atoms with Crippen molar-refractivity contribution < 1.29 is 0 Å². The lowest BCUT2D eigenvalue weighted by Crippen LogP contribution is -2.46. The highest BCUT2D eigenvalue weighted by atomic mass is 35.5. The highest BCUT2D eigenvalue weighted by molar-refractivity contribution is 6.32. The Kier molecular flexibility index (Phi) is 2.64. The van der Waals surface area contributed by atoms with E-state index < -0.39 is 0 Å². The minimum Gasteiger partial charge on any atom is -0.371 e. The van der Waals surface area contributed by atoms with Crippen LogP contribution in [0.15, 0.2) is 51.1 Å². The van der Waals surface area contributed by atoms with Crippen molar-refractivity contribution in [2.45, 2.75) is 12.1 Å². The molecule has 0 aromatic carbocycles. The quantitative estimate of drug-likeness (QED) is 0.658. The molecule has 0 amide bonds. The molecule has 2 nitrogen and oxygen atoms in total. The summed E-state index contributed by atoms with van der Waals surface area (Å²) in [5.41, 5.74) is 1.13. The molecule has 0 aromatic heterocycles. The fourth-order valence-corrected chi connectivity index (χ4v) is 3.10. The summed E-state index contributed by atoms with van der Waals surface area (Å²) in [6, 6.07) is 0.303. The number of allylic oxidation sites excluding steroid dienone is 3. The third kappa shape index (κ3) is 1.67. The molecule has 3 rings (SSSR count). The van der Waals surface area contributed by atoms with Crippen LogP contribution in [0.1, 0.15) is 0 Å². The average molecular weight is 267 g/mol. The van der Waals surface area contributed by atoms with E-state index in [1.165, 1.54) is 0 Å². The first kappa shape index (κ1) is 11.1. The van der Waals surface area contributed by atoms with Gasteiger partial charge in [-0.1, -0.05) is 35.4 Å². The summed E-state index contributed by atoms with van der Waals surface area (Å²) in [6.45, 7) is 0. The zero-order chi connectivity index (χ0) is 12.0. The largest absolute Gasteiger partial charge is 0.371 e. The van der Waals surface area contributed by atoms with E-state index in [9.17, 15) is 0 Å². The molecule has 0 saturated heterocycles. The molecule has 3 atom stereocenters. The van der Waals surface area contributed by atoms with Gasteiger partial charge in [0.1, 0.15) is 0 Å². The van der Waals surface area contributed by atoms with E-state index in [0.717, 1.165) is 15.6 Å². The van der Waals surface area contributed by atoms with Crippen LogP contribution in [0.3, 0.4) is 0 Å². The third-order valence-corrected chi connectivity index (χ3v) is 4.20. The Bertz CT molecular complexity index is 500. The van der Waals surface area contributed by atoms with Gasteiger partial charge in [-0.3, -0.25) is 4.99 Å². The maximum Gasteiger partial charge on any atom is 0.0856 e. The van der Waals surface area contributed by atoms with Gasteiger partial charge < -0.3 is 4.90 Å². The molecule has 3 unspecified atom stereocenters. The van der Waals surface area contributed by atoms with Crippen molar-refractivity contribution >= 4 is 29.4 Å². The smallest absolute Gasteiger partial charge is 0.0856 e. The van der Waals surface area contributed by atoms with E-state index in [4.69, 9.17) is 23.2 Å². The van der Waals surface area contributed by atoms with E-state index in [2.05, 4.69) is 22.0 Å². The van der Waals surface area contributed by atoms with E-state index >= 15 is 0 Å². The van der Waals surface area contributed by atoms with Crippen LogP contribution in [0, 0.1) is 5.92 Å². The molecule has 4 heteroatoms. The molecular formula is C13H12Cl2N2. The maximum absolute atomic E-state index is 6.24. The van der Waals surface area contributed by atoms with Crippen LogP contribution < -0.4 is 0 Å². The van der Waals surface area contributed by atoms with Crippen LogP contribution in [-0.2, 0) is 0 Å². The lowest BCUT2D eigenvalue weighted by Gasteiger charge is -2.41. The molecule has 2 aliphatic heterocycles. The summed E-state index contributed by atoms with van der Waals surface area (Å²) in [5.74, 6) is 0.175. The van der Waals surface area contributed by atoms with Gasteiger partial charge in [-0.05, 0) is 17.7 Å². The first-order chi connectivity index (χ1) is 8.18. The molecule has 1 aliphatic carbocycles. The van der Waals surface area contributed by atoms with Crippen LogP contribution in [0.4, 0.5) is 0 Å². The van der Waals surface area contributed by atoms with Crippen molar-refractivity contribution in [3.8, 4) is 0 Å². The van der Waals surface area contributed by atoms with Gasteiger partial charge in [0.05, 0.1) is 12.1 Å². The Labute approximate surface area is 111 Å². The molecule has 0 radical (unpaired) electrons. The van der Waals surface area contributed by atoms with E-state index in [-0.39, 0.29) is 18.0 Å². The summed E-state index contributed by atoms with van der Waals surface area (Å²) in [7, 11) is 2.04. The Hall–Kier alpha value is -0.990. The highest BCUT2D eigenvalue weighted by Crippen LogP contribution is 2.39. The van der Waals surface area contributed by atoms with Crippen molar-refractivity contribution in [2.75, 3.05) is 7.05 Å². The number of rotatable bonds is 0. The number of likely N-dealkylation sites (N-methyl/N-ethyl adjacent to an activating group) is 1. The molecule has 0 bridgehead atoms. The van der Waals surface area contributed by atoms with Crippen molar-refractivity contribution in [1.82, 2.24) is 4.90 Å². The van der Waals surface area contributed by atoms with Gasteiger partial charge in [0.15, 0.2) is 0 Å². The zero-order valence-corrected chi connectivity index (χ0v) is 10.9. The monoisotopic (exact) mass is 266 g/mol. The van der Waals surface area contributed by atoms with Crippen LogP contribution >= 0.6 is 23.2 Å². The molecule has 0 aromatic rings. The fourth-order valence-electron chi connectivity index (χ4n) is 2.61. The summed E-state index contributed by atoms with van der Waals surface area (Å²) in [4.78, 5) is 6.71. The topological polar surface area (TPSA) is 15.6 Å². The van der Waals surface area contributed by atoms with Gasteiger partial charge in [-0.15, -0.1) is 0 Å². The van der Waals surface area contributed by atoms with Gasteiger partial charge in [0.2, 0.25) is 0 Å². The highest BCUT2D eigenvalue weighted by Gasteiger charge is 2.39. The number of hydrogen-bond donors (Lipinski definition) is 0. The molecule has 0 spiro atoms. The molecule has 17 heavy (non-hydrogen) atoms. The number of halogens is 2.